The van der Waals surface area contributed by atoms with E-state index < -0.39 is 17.2 Å². The number of rotatable bonds is 3. The highest BCUT2D eigenvalue weighted by Crippen LogP contribution is 2.13. The van der Waals surface area contributed by atoms with E-state index in [1.54, 1.807) is 6.07 Å². The molecule has 1 heterocycles. The summed E-state index contributed by atoms with van der Waals surface area (Å²) < 4.78 is 19.4. The van der Waals surface area contributed by atoms with Crippen molar-refractivity contribution in [2.24, 2.45) is 5.92 Å². The summed E-state index contributed by atoms with van der Waals surface area (Å²) in [6, 6.07) is 4.20. The summed E-state index contributed by atoms with van der Waals surface area (Å²) in [4.78, 5) is 23.1. The zero-order valence-electron chi connectivity index (χ0n) is 10.3. The van der Waals surface area contributed by atoms with Gasteiger partial charge in [-0.25, -0.2) is 14.0 Å². The van der Waals surface area contributed by atoms with Crippen LogP contribution in [0.5, 0.6) is 0 Å². The van der Waals surface area contributed by atoms with E-state index in [0.717, 1.165) is 6.42 Å². The first-order valence-corrected chi connectivity index (χ1v) is 5.83. The molecular formula is C13H14FNO3. The van der Waals surface area contributed by atoms with Crippen molar-refractivity contribution in [3.8, 4) is 0 Å². The molecule has 0 N–H and O–H groups in total. The molecule has 18 heavy (non-hydrogen) atoms. The van der Waals surface area contributed by atoms with Gasteiger partial charge in [0.1, 0.15) is 11.2 Å². The molecule has 2 aromatic rings. The molecule has 0 amide bonds. The fourth-order valence-electron chi connectivity index (χ4n) is 1.82. The maximum Gasteiger partial charge on any atom is 0.422 e. The van der Waals surface area contributed by atoms with Crippen LogP contribution in [0.2, 0.25) is 0 Å². The second-order valence-electron chi connectivity index (χ2n) is 4.62. The number of halogens is 1. The molecule has 0 saturated carbocycles. The summed E-state index contributed by atoms with van der Waals surface area (Å²) in [7, 11) is 0. The third-order valence-corrected chi connectivity index (χ3v) is 2.82. The molecule has 0 atom stereocenters. The summed E-state index contributed by atoms with van der Waals surface area (Å²) >= 11 is 0. The highest BCUT2D eigenvalue weighted by atomic mass is 19.1. The summed E-state index contributed by atoms with van der Waals surface area (Å²) in [6.07, 6.45) is 0.749. The molecule has 96 valence electrons. The SMILES string of the molecule is CC(C)CCn1c(=O)oc(=O)c2c(F)cccc21. The van der Waals surface area contributed by atoms with Crippen LogP contribution in [0, 0.1) is 11.7 Å². The van der Waals surface area contributed by atoms with Gasteiger partial charge in [0, 0.05) is 6.54 Å². The van der Waals surface area contributed by atoms with Gasteiger partial charge in [-0.2, -0.15) is 0 Å². The van der Waals surface area contributed by atoms with Gasteiger partial charge in [-0.1, -0.05) is 19.9 Å². The smallest absolute Gasteiger partial charge is 0.372 e. The minimum atomic E-state index is -0.922. The fraction of sp³-hybridized carbons (Fsp3) is 0.385. The van der Waals surface area contributed by atoms with E-state index in [4.69, 9.17) is 0 Å². The molecule has 1 aromatic heterocycles. The molecule has 1 aromatic carbocycles. The van der Waals surface area contributed by atoms with Crippen LogP contribution in [0.3, 0.4) is 0 Å². The third-order valence-electron chi connectivity index (χ3n) is 2.82. The minimum Gasteiger partial charge on any atom is -0.372 e. The summed E-state index contributed by atoms with van der Waals surface area (Å²) in [6.45, 7) is 4.44. The quantitative estimate of drug-likeness (QED) is 0.839. The van der Waals surface area contributed by atoms with Gasteiger partial charge in [0.15, 0.2) is 0 Å². The van der Waals surface area contributed by atoms with E-state index in [0.29, 0.717) is 12.5 Å². The predicted molar refractivity (Wildman–Crippen MR) is 66.2 cm³/mol. The van der Waals surface area contributed by atoms with Gasteiger partial charge in [0.05, 0.1) is 5.52 Å². The molecular weight excluding hydrogens is 237 g/mol. The number of benzene rings is 1. The average Bonchev–Trinajstić information content (AvgIpc) is 2.27. The van der Waals surface area contributed by atoms with Crippen molar-refractivity contribution in [2.45, 2.75) is 26.8 Å². The molecule has 0 unspecified atom stereocenters. The minimum absolute atomic E-state index is 0.166. The molecule has 4 nitrogen and oxygen atoms in total. The lowest BCUT2D eigenvalue weighted by Crippen LogP contribution is -2.26. The van der Waals surface area contributed by atoms with Crippen molar-refractivity contribution in [1.29, 1.82) is 0 Å². The maximum atomic E-state index is 13.6. The van der Waals surface area contributed by atoms with Crippen LogP contribution in [-0.2, 0) is 6.54 Å². The first kappa shape index (κ1) is 12.5. The van der Waals surface area contributed by atoms with Crippen molar-refractivity contribution in [3.05, 3.63) is 45.0 Å². The van der Waals surface area contributed by atoms with E-state index in [9.17, 15) is 14.0 Å². The Hall–Kier alpha value is -1.91. The van der Waals surface area contributed by atoms with Gasteiger partial charge in [-0.15, -0.1) is 0 Å². The zero-order chi connectivity index (χ0) is 13.3. The third kappa shape index (κ3) is 2.20. The van der Waals surface area contributed by atoms with Gasteiger partial charge in [0.25, 0.3) is 0 Å². The first-order chi connectivity index (χ1) is 8.50. The van der Waals surface area contributed by atoms with Crippen LogP contribution >= 0.6 is 0 Å². The zero-order valence-corrected chi connectivity index (χ0v) is 10.3. The summed E-state index contributed by atoms with van der Waals surface area (Å²) in [5, 5.41) is -0.166. The Labute approximate surface area is 103 Å². The van der Waals surface area contributed by atoms with Crippen LogP contribution in [0.1, 0.15) is 20.3 Å². The van der Waals surface area contributed by atoms with Crippen LogP contribution in [0.25, 0.3) is 10.9 Å². The van der Waals surface area contributed by atoms with Crippen LogP contribution < -0.4 is 11.4 Å². The second kappa shape index (κ2) is 4.76. The lowest BCUT2D eigenvalue weighted by atomic mass is 10.1. The molecule has 0 aliphatic heterocycles. The molecule has 0 bridgehead atoms. The number of fused-ring (bicyclic) bond motifs is 1. The number of aromatic nitrogens is 1. The van der Waals surface area contributed by atoms with Crippen molar-refractivity contribution in [3.63, 3.8) is 0 Å². The van der Waals surface area contributed by atoms with Crippen LogP contribution in [0.4, 0.5) is 4.39 Å². The van der Waals surface area contributed by atoms with Crippen molar-refractivity contribution in [1.82, 2.24) is 4.57 Å². The second-order valence-corrected chi connectivity index (χ2v) is 4.62. The lowest BCUT2D eigenvalue weighted by molar-refractivity contribution is 0.398. The fourth-order valence-corrected chi connectivity index (χ4v) is 1.82. The highest BCUT2D eigenvalue weighted by Gasteiger charge is 2.13. The Morgan fingerprint density at radius 1 is 1.33 bits per heavy atom. The van der Waals surface area contributed by atoms with Gasteiger partial charge in [0.2, 0.25) is 0 Å². The largest absolute Gasteiger partial charge is 0.422 e. The van der Waals surface area contributed by atoms with Crippen LogP contribution in [-0.4, -0.2) is 4.57 Å². The van der Waals surface area contributed by atoms with Crippen molar-refractivity contribution in [2.75, 3.05) is 0 Å². The predicted octanol–water partition coefficient (Wildman–Crippen LogP) is 2.14. The Morgan fingerprint density at radius 2 is 2.06 bits per heavy atom. The van der Waals surface area contributed by atoms with Crippen molar-refractivity contribution < 1.29 is 8.81 Å². The summed E-state index contributed by atoms with van der Waals surface area (Å²) in [5.41, 5.74) is -0.634. The lowest BCUT2D eigenvalue weighted by Gasteiger charge is -2.10. The molecule has 0 radical (unpaired) electrons. The maximum absolute atomic E-state index is 13.6. The van der Waals surface area contributed by atoms with E-state index >= 15 is 0 Å². The normalized spacial score (nSPS) is 11.3. The van der Waals surface area contributed by atoms with E-state index in [1.165, 1.54) is 16.7 Å². The Morgan fingerprint density at radius 3 is 2.72 bits per heavy atom. The Balaban J connectivity index is 2.69. The van der Waals surface area contributed by atoms with Gasteiger partial charge in [-0.3, -0.25) is 4.57 Å². The number of hydrogen-bond acceptors (Lipinski definition) is 3. The number of aryl methyl sites for hydroxylation is 1. The summed E-state index contributed by atoms with van der Waals surface area (Å²) in [5.74, 6) is -1.01. The number of nitrogens with zero attached hydrogens (tertiary/aromatic N) is 1. The Bertz CT molecular complexity index is 685. The van der Waals surface area contributed by atoms with E-state index in [-0.39, 0.29) is 10.9 Å². The monoisotopic (exact) mass is 251 g/mol. The van der Waals surface area contributed by atoms with E-state index in [1.807, 2.05) is 13.8 Å². The Kier molecular flexibility index (Phi) is 3.32. The average molecular weight is 251 g/mol. The van der Waals surface area contributed by atoms with Gasteiger partial charge >= 0.3 is 11.4 Å². The highest BCUT2D eigenvalue weighted by molar-refractivity contribution is 5.77. The molecule has 0 spiro atoms. The van der Waals surface area contributed by atoms with Crippen molar-refractivity contribution >= 4 is 10.9 Å². The van der Waals surface area contributed by atoms with Gasteiger partial charge in [-0.05, 0) is 24.5 Å². The molecule has 0 fully saturated rings. The topological polar surface area (TPSA) is 52.2 Å². The molecule has 0 aliphatic rings. The standard InChI is InChI=1S/C13H14FNO3/c1-8(2)6-7-15-10-5-3-4-9(14)11(10)12(16)18-13(15)17/h3-5,8H,6-7H2,1-2H3. The molecule has 0 aliphatic carbocycles. The number of hydrogen-bond donors (Lipinski definition) is 0. The van der Waals surface area contributed by atoms with Gasteiger partial charge < -0.3 is 4.42 Å². The first-order valence-electron chi connectivity index (χ1n) is 5.83. The molecule has 5 heteroatoms. The molecule has 0 saturated heterocycles. The van der Waals surface area contributed by atoms with Crippen LogP contribution in [0.15, 0.2) is 32.2 Å². The molecule has 2 rings (SSSR count). The van der Waals surface area contributed by atoms with E-state index in [2.05, 4.69) is 4.42 Å².